The Bertz CT molecular complexity index is 1130. The van der Waals surface area contributed by atoms with E-state index in [0.717, 1.165) is 50.8 Å². The molecule has 0 atom stereocenters. The van der Waals surface area contributed by atoms with Crippen molar-refractivity contribution in [2.75, 3.05) is 41.9 Å². The first-order valence-electron chi connectivity index (χ1n) is 14.2. The quantitative estimate of drug-likeness (QED) is 0.301. The van der Waals surface area contributed by atoms with Crippen LogP contribution in [0, 0.1) is 5.82 Å². The highest BCUT2D eigenvalue weighted by atomic mass is 19.1. The van der Waals surface area contributed by atoms with Crippen LogP contribution in [0.4, 0.5) is 26.6 Å². The van der Waals surface area contributed by atoms with E-state index in [0.29, 0.717) is 36.2 Å². The number of urea groups is 1. The van der Waals surface area contributed by atoms with Crippen LogP contribution in [0.25, 0.3) is 0 Å². The van der Waals surface area contributed by atoms with Crippen molar-refractivity contribution in [2.24, 2.45) is 0 Å². The predicted molar refractivity (Wildman–Crippen MR) is 153 cm³/mol. The average Bonchev–Trinajstić information content (AvgIpc) is 3.73. The van der Waals surface area contributed by atoms with Crippen LogP contribution in [-0.4, -0.2) is 65.8 Å². The molecule has 10 heteroatoms. The van der Waals surface area contributed by atoms with Gasteiger partial charge in [0, 0.05) is 48.6 Å². The summed E-state index contributed by atoms with van der Waals surface area (Å²) in [6.07, 6.45) is 6.80. The van der Waals surface area contributed by atoms with Crippen LogP contribution < -0.4 is 24.6 Å². The number of hydrogen-bond donors (Lipinski definition) is 1. The maximum Gasteiger partial charge on any atom is 0.330 e. The lowest BCUT2D eigenvalue weighted by molar-refractivity contribution is 0.171. The number of fused-ring (bicyclic) bond motifs is 1. The molecule has 0 saturated heterocycles. The minimum atomic E-state index is -0.599. The third-order valence-electron chi connectivity index (χ3n) is 7.27. The minimum absolute atomic E-state index is 0.0319. The summed E-state index contributed by atoms with van der Waals surface area (Å²) in [7, 11) is 1.40. The van der Waals surface area contributed by atoms with Crippen molar-refractivity contribution in [1.82, 2.24) is 14.9 Å². The van der Waals surface area contributed by atoms with Gasteiger partial charge < -0.3 is 14.8 Å². The van der Waals surface area contributed by atoms with Gasteiger partial charge in [-0.3, -0.25) is 14.7 Å². The largest absolute Gasteiger partial charge is 0.494 e. The van der Waals surface area contributed by atoms with E-state index in [2.05, 4.69) is 42.9 Å². The van der Waals surface area contributed by atoms with E-state index in [9.17, 15) is 4.79 Å². The fourth-order valence-electron chi connectivity index (χ4n) is 5.17. The number of nitrogens with one attached hydrogen (secondary N) is 1. The molecule has 1 aliphatic heterocycles. The number of anilines is 3. The maximum atomic E-state index is 15.3. The number of hydrogen-bond acceptors (Lipinski definition) is 7. The molecule has 1 saturated carbocycles. The van der Waals surface area contributed by atoms with Crippen molar-refractivity contribution in [2.45, 2.75) is 91.4 Å². The molecule has 2 heterocycles. The average molecular weight is 543 g/mol. The molecule has 2 aromatic rings. The summed E-state index contributed by atoms with van der Waals surface area (Å²) >= 11 is 0. The third kappa shape index (κ3) is 6.72. The van der Waals surface area contributed by atoms with Crippen LogP contribution >= 0.6 is 0 Å². The number of carbonyl (C=O) groups is 1. The van der Waals surface area contributed by atoms with Gasteiger partial charge in [0.2, 0.25) is 5.95 Å². The lowest BCUT2D eigenvalue weighted by Crippen LogP contribution is -2.49. The number of ether oxygens (including phenoxy) is 2. The molecule has 9 nitrogen and oxygen atoms in total. The van der Waals surface area contributed by atoms with Gasteiger partial charge in [-0.25, -0.2) is 14.2 Å². The molecule has 39 heavy (non-hydrogen) atoms. The number of halogens is 1. The number of methoxy groups -OCH3 is 1. The smallest absolute Gasteiger partial charge is 0.330 e. The zero-order chi connectivity index (χ0) is 28.1. The Hall–Kier alpha value is -3.14. The molecule has 0 spiro atoms. The lowest BCUT2D eigenvalue weighted by atomic mass is 10.1. The Morgan fingerprint density at radius 3 is 2.54 bits per heavy atom. The number of rotatable bonds is 14. The molecule has 1 aliphatic carbocycles. The fraction of sp³-hybridized carbons (Fsp3) is 0.621. The Balaban J connectivity index is 1.45. The van der Waals surface area contributed by atoms with Crippen LogP contribution in [0.2, 0.25) is 0 Å². The second-order valence-electron chi connectivity index (χ2n) is 10.8. The summed E-state index contributed by atoms with van der Waals surface area (Å²) < 4.78 is 26.2. The summed E-state index contributed by atoms with van der Waals surface area (Å²) in [5.41, 5.74) is 0.893. The van der Waals surface area contributed by atoms with Crippen molar-refractivity contribution >= 4 is 23.5 Å². The molecule has 4 rings (SSSR count). The van der Waals surface area contributed by atoms with Gasteiger partial charge in [-0.05, 0) is 66.8 Å². The molecule has 0 bridgehead atoms. The van der Waals surface area contributed by atoms with Gasteiger partial charge >= 0.3 is 6.03 Å². The number of aromatic nitrogens is 2. The zero-order valence-corrected chi connectivity index (χ0v) is 24.2. The second-order valence-corrected chi connectivity index (χ2v) is 10.8. The highest BCUT2D eigenvalue weighted by Gasteiger charge is 2.43. The number of carbonyl (C=O) groups excluding carboxylic acids is 1. The van der Waals surface area contributed by atoms with E-state index >= 15 is 4.39 Å². The molecule has 2 amide bonds. The highest BCUT2D eigenvalue weighted by molar-refractivity contribution is 6.06. The minimum Gasteiger partial charge on any atom is -0.494 e. The summed E-state index contributed by atoms with van der Waals surface area (Å²) in [6.45, 7) is 13.3. The molecule has 1 aromatic heterocycles. The van der Waals surface area contributed by atoms with Crippen LogP contribution in [0.1, 0.15) is 72.3 Å². The molecular weight excluding hydrogens is 499 g/mol. The normalized spacial score (nSPS) is 15.4. The standard InChI is InChI=1S/C29H43FN6O3/c1-7-39-23-15-24(26(30)25(16-23)38-6)35-18-21-17-32-28(33-27(21)36(29(35)37)22-11-12-22)31-13-9-8-10-14-34(19(2)3)20(4)5/h15-17,19-20,22H,7-14,18H2,1-6H3,(H,31,32,33). The Kier molecular flexibility index (Phi) is 9.48. The van der Waals surface area contributed by atoms with Gasteiger partial charge in [0.1, 0.15) is 11.6 Å². The first-order chi connectivity index (χ1) is 18.7. The van der Waals surface area contributed by atoms with Gasteiger partial charge in [0.05, 0.1) is 25.9 Å². The van der Waals surface area contributed by atoms with E-state index < -0.39 is 5.82 Å². The van der Waals surface area contributed by atoms with Crippen LogP contribution in [0.15, 0.2) is 18.3 Å². The van der Waals surface area contributed by atoms with Crippen molar-refractivity contribution < 1.29 is 18.7 Å². The summed E-state index contributed by atoms with van der Waals surface area (Å²) in [5.74, 6) is 0.994. The van der Waals surface area contributed by atoms with E-state index in [-0.39, 0.29) is 30.1 Å². The molecule has 0 unspecified atom stereocenters. The first kappa shape index (κ1) is 28.9. The Morgan fingerprint density at radius 2 is 1.90 bits per heavy atom. The Labute approximate surface area is 231 Å². The predicted octanol–water partition coefficient (Wildman–Crippen LogP) is 5.83. The molecule has 0 radical (unpaired) electrons. The molecule has 1 aromatic carbocycles. The number of amides is 2. The number of unbranched alkanes of at least 4 members (excludes halogenated alkanes) is 2. The van der Waals surface area contributed by atoms with Gasteiger partial charge in [0.25, 0.3) is 0 Å². The fourth-order valence-corrected chi connectivity index (χ4v) is 5.17. The third-order valence-corrected chi connectivity index (χ3v) is 7.27. The highest BCUT2D eigenvalue weighted by Crippen LogP contribution is 2.41. The SMILES string of the molecule is CCOc1cc(OC)c(F)c(N2Cc3cnc(NCCCCCN(C(C)C)C(C)C)nc3N(C3CC3)C2=O)c1. The van der Waals surface area contributed by atoms with Crippen LogP contribution in [-0.2, 0) is 6.54 Å². The van der Waals surface area contributed by atoms with Gasteiger partial charge in [-0.1, -0.05) is 6.42 Å². The second kappa shape index (κ2) is 12.8. The Morgan fingerprint density at radius 1 is 1.15 bits per heavy atom. The monoisotopic (exact) mass is 542 g/mol. The van der Waals surface area contributed by atoms with Crippen molar-refractivity contribution in [1.29, 1.82) is 0 Å². The van der Waals surface area contributed by atoms with E-state index in [4.69, 9.17) is 14.5 Å². The number of benzene rings is 1. The van der Waals surface area contributed by atoms with Crippen molar-refractivity contribution in [3.05, 3.63) is 29.7 Å². The number of nitrogens with zero attached hydrogens (tertiary/aromatic N) is 5. The molecule has 214 valence electrons. The van der Waals surface area contributed by atoms with E-state index in [1.807, 2.05) is 6.92 Å². The van der Waals surface area contributed by atoms with Gasteiger partial charge in [0.15, 0.2) is 11.6 Å². The van der Waals surface area contributed by atoms with Gasteiger partial charge in [-0.2, -0.15) is 4.98 Å². The summed E-state index contributed by atoms with van der Waals surface area (Å²) in [4.78, 5) is 28.6. The molecule has 2 aliphatic rings. The van der Waals surface area contributed by atoms with Crippen LogP contribution in [0.5, 0.6) is 11.5 Å². The summed E-state index contributed by atoms with van der Waals surface area (Å²) in [6, 6.07) is 3.89. The lowest BCUT2D eigenvalue weighted by Gasteiger charge is -2.36. The van der Waals surface area contributed by atoms with E-state index in [1.165, 1.54) is 18.1 Å². The van der Waals surface area contributed by atoms with E-state index in [1.54, 1.807) is 17.2 Å². The molecule has 1 N–H and O–H groups in total. The topological polar surface area (TPSA) is 83.1 Å². The van der Waals surface area contributed by atoms with Crippen molar-refractivity contribution in [3.8, 4) is 11.5 Å². The summed E-state index contributed by atoms with van der Waals surface area (Å²) in [5, 5.41) is 3.33. The first-order valence-corrected chi connectivity index (χ1v) is 14.2. The molecule has 1 fully saturated rings. The van der Waals surface area contributed by atoms with Crippen LogP contribution in [0.3, 0.4) is 0 Å². The molecular formula is C29H43FN6O3. The van der Waals surface area contributed by atoms with Gasteiger partial charge in [-0.15, -0.1) is 0 Å². The zero-order valence-electron chi connectivity index (χ0n) is 24.2. The van der Waals surface area contributed by atoms with Crippen molar-refractivity contribution in [3.63, 3.8) is 0 Å². The maximum absolute atomic E-state index is 15.3.